The number of ether oxygens (including phenoxy) is 1. The fourth-order valence-electron chi connectivity index (χ4n) is 2.36. The SMILES string of the molecule is Cc1ccc(C)c(NC(=O)COC(=O)c2ccc(-n3cncn3)cc2)c1. The predicted molar refractivity (Wildman–Crippen MR) is 96.2 cm³/mol. The van der Waals surface area contributed by atoms with Crippen LogP contribution in [0.4, 0.5) is 5.69 Å². The van der Waals surface area contributed by atoms with Gasteiger partial charge in [0.25, 0.3) is 5.91 Å². The lowest BCUT2D eigenvalue weighted by atomic mass is 10.1. The van der Waals surface area contributed by atoms with E-state index >= 15 is 0 Å². The monoisotopic (exact) mass is 350 g/mol. The average Bonchev–Trinajstić information content (AvgIpc) is 3.17. The average molecular weight is 350 g/mol. The zero-order valence-electron chi connectivity index (χ0n) is 14.5. The standard InChI is InChI=1S/C19H18N4O3/c1-13-3-4-14(2)17(9-13)22-18(24)10-26-19(25)15-5-7-16(8-6-15)23-12-20-11-21-23/h3-9,11-12H,10H2,1-2H3,(H,22,24). The fraction of sp³-hybridized carbons (Fsp3) is 0.158. The van der Waals surface area contributed by atoms with Crippen LogP contribution < -0.4 is 5.32 Å². The highest BCUT2D eigenvalue weighted by molar-refractivity contribution is 5.96. The topological polar surface area (TPSA) is 86.1 Å². The van der Waals surface area contributed by atoms with Crippen molar-refractivity contribution in [3.63, 3.8) is 0 Å². The molecule has 0 aliphatic heterocycles. The second-order valence-electron chi connectivity index (χ2n) is 5.83. The van der Waals surface area contributed by atoms with Crippen molar-refractivity contribution in [3.8, 4) is 5.69 Å². The van der Waals surface area contributed by atoms with Gasteiger partial charge < -0.3 is 10.1 Å². The smallest absolute Gasteiger partial charge is 0.338 e. The summed E-state index contributed by atoms with van der Waals surface area (Å²) in [7, 11) is 0. The van der Waals surface area contributed by atoms with Gasteiger partial charge in [-0.15, -0.1) is 0 Å². The molecule has 0 saturated carbocycles. The summed E-state index contributed by atoms with van der Waals surface area (Å²) >= 11 is 0. The first-order chi connectivity index (χ1) is 12.5. The molecule has 3 rings (SSSR count). The Hall–Kier alpha value is -3.48. The van der Waals surface area contributed by atoms with Crippen LogP contribution in [0.3, 0.4) is 0 Å². The van der Waals surface area contributed by atoms with E-state index in [1.807, 2.05) is 32.0 Å². The highest BCUT2D eigenvalue weighted by Crippen LogP contribution is 2.16. The van der Waals surface area contributed by atoms with Gasteiger partial charge in [0, 0.05) is 5.69 Å². The molecule has 0 fully saturated rings. The fourth-order valence-corrected chi connectivity index (χ4v) is 2.36. The number of benzene rings is 2. The van der Waals surface area contributed by atoms with Crippen molar-refractivity contribution in [3.05, 3.63) is 71.8 Å². The number of anilines is 1. The number of aryl methyl sites for hydroxylation is 2. The Labute approximate surface area is 150 Å². The Balaban J connectivity index is 1.56. The normalized spacial score (nSPS) is 10.4. The minimum Gasteiger partial charge on any atom is -0.452 e. The molecule has 7 heteroatoms. The van der Waals surface area contributed by atoms with Crippen molar-refractivity contribution in [2.24, 2.45) is 0 Å². The molecule has 132 valence electrons. The molecule has 0 bridgehead atoms. The number of carbonyl (C=O) groups is 2. The molecular formula is C19H18N4O3. The van der Waals surface area contributed by atoms with Crippen LogP contribution >= 0.6 is 0 Å². The first-order valence-electron chi connectivity index (χ1n) is 8.02. The first kappa shape index (κ1) is 17.3. The maximum atomic E-state index is 12.1. The maximum Gasteiger partial charge on any atom is 0.338 e. The van der Waals surface area contributed by atoms with Gasteiger partial charge in [0.05, 0.1) is 11.3 Å². The highest BCUT2D eigenvalue weighted by atomic mass is 16.5. The minimum atomic E-state index is -0.564. The van der Waals surface area contributed by atoms with Crippen molar-refractivity contribution >= 4 is 17.6 Å². The van der Waals surface area contributed by atoms with Gasteiger partial charge >= 0.3 is 5.97 Å². The maximum absolute atomic E-state index is 12.1. The van der Waals surface area contributed by atoms with Gasteiger partial charge in [0.15, 0.2) is 6.61 Å². The second-order valence-corrected chi connectivity index (χ2v) is 5.83. The quantitative estimate of drug-likeness (QED) is 0.715. The molecule has 0 saturated heterocycles. The summed E-state index contributed by atoms with van der Waals surface area (Å²) in [4.78, 5) is 28.0. The van der Waals surface area contributed by atoms with E-state index in [1.165, 1.54) is 6.33 Å². The molecule has 3 aromatic rings. The van der Waals surface area contributed by atoms with Crippen LogP contribution in [0.15, 0.2) is 55.1 Å². The van der Waals surface area contributed by atoms with Crippen molar-refractivity contribution in [1.29, 1.82) is 0 Å². The van der Waals surface area contributed by atoms with E-state index < -0.39 is 5.97 Å². The predicted octanol–water partition coefficient (Wildman–Crippen LogP) is 2.68. The third-order valence-electron chi connectivity index (χ3n) is 3.79. The highest BCUT2D eigenvalue weighted by Gasteiger charge is 2.11. The number of hydrogen-bond acceptors (Lipinski definition) is 5. The number of esters is 1. The Bertz CT molecular complexity index is 918. The van der Waals surface area contributed by atoms with E-state index in [0.717, 1.165) is 16.8 Å². The molecule has 1 N–H and O–H groups in total. The van der Waals surface area contributed by atoms with Crippen molar-refractivity contribution in [2.45, 2.75) is 13.8 Å². The molecule has 2 aromatic carbocycles. The van der Waals surface area contributed by atoms with Crippen molar-refractivity contribution in [1.82, 2.24) is 14.8 Å². The minimum absolute atomic E-state index is 0.350. The molecule has 1 heterocycles. The van der Waals surface area contributed by atoms with Crippen LogP contribution in [0.1, 0.15) is 21.5 Å². The molecule has 0 aliphatic carbocycles. The first-order valence-corrected chi connectivity index (χ1v) is 8.02. The van der Waals surface area contributed by atoms with Crippen LogP contribution in [-0.4, -0.2) is 33.2 Å². The molecule has 0 unspecified atom stereocenters. The Morgan fingerprint density at radius 2 is 1.88 bits per heavy atom. The van der Waals surface area contributed by atoms with E-state index in [-0.39, 0.29) is 12.5 Å². The Kier molecular flexibility index (Phi) is 5.07. The summed E-state index contributed by atoms with van der Waals surface area (Å²) in [5.41, 5.74) is 3.82. The molecule has 0 aliphatic rings. The Morgan fingerprint density at radius 3 is 2.58 bits per heavy atom. The number of amides is 1. The lowest BCUT2D eigenvalue weighted by molar-refractivity contribution is -0.119. The number of hydrogen-bond donors (Lipinski definition) is 1. The zero-order valence-corrected chi connectivity index (χ0v) is 14.5. The summed E-state index contributed by atoms with van der Waals surface area (Å²) in [6.07, 6.45) is 2.99. The summed E-state index contributed by atoms with van der Waals surface area (Å²) in [5.74, 6) is -0.947. The van der Waals surface area contributed by atoms with E-state index in [2.05, 4.69) is 15.4 Å². The summed E-state index contributed by atoms with van der Waals surface area (Å²) in [5, 5.41) is 6.76. The second kappa shape index (κ2) is 7.60. The molecule has 0 spiro atoms. The van der Waals surface area contributed by atoms with Gasteiger partial charge in [-0.2, -0.15) is 5.10 Å². The van der Waals surface area contributed by atoms with Gasteiger partial charge in [-0.25, -0.2) is 14.5 Å². The van der Waals surface area contributed by atoms with Gasteiger partial charge in [-0.1, -0.05) is 12.1 Å². The third-order valence-corrected chi connectivity index (χ3v) is 3.79. The number of nitrogens with zero attached hydrogens (tertiary/aromatic N) is 3. The molecule has 0 atom stereocenters. The molecule has 7 nitrogen and oxygen atoms in total. The van der Waals surface area contributed by atoms with Crippen LogP contribution in [0.25, 0.3) is 5.69 Å². The molecule has 0 radical (unpaired) electrons. The van der Waals surface area contributed by atoms with Crippen LogP contribution in [-0.2, 0) is 9.53 Å². The van der Waals surface area contributed by atoms with Gasteiger partial charge in [-0.05, 0) is 55.3 Å². The van der Waals surface area contributed by atoms with Crippen LogP contribution in [0, 0.1) is 13.8 Å². The van der Waals surface area contributed by atoms with Crippen LogP contribution in [0.5, 0.6) is 0 Å². The number of aromatic nitrogens is 3. The number of rotatable bonds is 5. The molecular weight excluding hydrogens is 332 g/mol. The summed E-state index contributed by atoms with van der Waals surface area (Å²) < 4.78 is 6.65. The van der Waals surface area contributed by atoms with Gasteiger partial charge in [0.2, 0.25) is 0 Å². The van der Waals surface area contributed by atoms with E-state index in [4.69, 9.17) is 4.74 Å². The molecule has 1 aromatic heterocycles. The lowest BCUT2D eigenvalue weighted by Crippen LogP contribution is -2.21. The van der Waals surface area contributed by atoms with Crippen LogP contribution in [0.2, 0.25) is 0 Å². The lowest BCUT2D eigenvalue weighted by Gasteiger charge is -2.10. The Morgan fingerprint density at radius 1 is 1.12 bits per heavy atom. The number of carbonyl (C=O) groups excluding carboxylic acids is 2. The molecule has 26 heavy (non-hydrogen) atoms. The van der Waals surface area contributed by atoms with Crippen molar-refractivity contribution < 1.29 is 14.3 Å². The van der Waals surface area contributed by atoms with Gasteiger partial charge in [0.1, 0.15) is 12.7 Å². The largest absolute Gasteiger partial charge is 0.452 e. The summed E-state index contributed by atoms with van der Waals surface area (Å²) in [6.45, 7) is 3.49. The van der Waals surface area contributed by atoms with Crippen molar-refractivity contribution in [2.75, 3.05) is 11.9 Å². The van der Waals surface area contributed by atoms with E-state index in [0.29, 0.717) is 11.3 Å². The van der Waals surface area contributed by atoms with E-state index in [9.17, 15) is 9.59 Å². The van der Waals surface area contributed by atoms with Gasteiger partial charge in [-0.3, -0.25) is 4.79 Å². The van der Waals surface area contributed by atoms with E-state index in [1.54, 1.807) is 35.3 Å². The number of nitrogens with one attached hydrogen (secondary N) is 1. The molecule has 1 amide bonds. The zero-order chi connectivity index (χ0) is 18.5. The summed E-state index contributed by atoms with van der Waals surface area (Å²) in [6, 6.07) is 12.4. The third kappa shape index (κ3) is 4.13.